The van der Waals surface area contributed by atoms with Crippen LogP contribution in [0.4, 0.5) is 5.69 Å². The molecule has 6 heteroatoms. The number of non-ortho nitro benzene ring substituents is 1. The highest BCUT2D eigenvalue weighted by Crippen LogP contribution is 2.26. The van der Waals surface area contributed by atoms with E-state index in [-0.39, 0.29) is 10.6 Å². The second kappa shape index (κ2) is 7.55. The normalized spacial score (nSPS) is 10.8. The minimum absolute atomic E-state index is 0.103. The van der Waals surface area contributed by atoms with Crippen LogP contribution in [0.5, 0.6) is 0 Å². The Kier molecular flexibility index (Phi) is 4.80. The second-order valence-corrected chi connectivity index (χ2v) is 7.03. The van der Waals surface area contributed by atoms with Gasteiger partial charge in [0.25, 0.3) is 5.69 Å². The molecule has 0 atom stereocenters. The van der Waals surface area contributed by atoms with E-state index in [0.29, 0.717) is 5.75 Å². The standard InChI is InChI=1S/C21H15N3O2S/c25-24(26)19-7-3-4-15(12-19)14-27-21-11-10-20(22-23-21)18-9-8-16-5-1-2-6-17(16)13-18/h1-13H,14H2. The minimum Gasteiger partial charge on any atom is -0.258 e. The molecule has 0 bridgehead atoms. The Morgan fingerprint density at radius 1 is 0.852 bits per heavy atom. The molecule has 132 valence electrons. The molecule has 4 aromatic rings. The van der Waals surface area contributed by atoms with Gasteiger partial charge in [-0.2, -0.15) is 0 Å². The maximum atomic E-state index is 10.9. The fraction of sp³-hybridized carbons (Fsp3) is 0.0476. The van der Waals surface area contributed by atoms with E-state index in [2.05, 4.69) is 34.5 Å². The summed E-state index contributed by atoms with van der Waals surface area (Å²) in [5, 5.41) is 22.6. The van der Waals surface area contributed by atoms with Gasteiger partial charge < -0.3 is 0 Å². The Morgan fingerprint density at radius 2 is 1.70 bits per heavy atom. The topological polar surface area (TPSA) is 68.9 Å². The summed E-state index contributed by atoms with van der Waals surface area (Å²) in [4.78, 5) is 10.5. The maximum absolute atomic E-state index is 10.9. The number of fused-ring (bicyclic) bond motifs is 1. The maximum Gasteiger partial charge on any atom is 0.269 e. The number of benzene rings is 3. The zero-order chi connectivity index (χ0) is 18.6. The van der Waals surface area contributed by atoms with Crippen molar-refractivity contribution in [3.05, 3.63) is 94.5 Å². The number of nitrogens with zero attached hydrogens (tertiary/aromatic N) is 3. The summed E-state index contributed by atoms with van der Waals surface area (Å²) in [6.45, 7) is 0. The van der Waals surface area contributed by atoms with Crippen LogP contribution in [-0.4, -0.2) is 15.1 Å². The van der Waals surface area contributed by atoms with Crippen molar-refractivity contribution in [1.29, 1.82) is 0 Å². The summed E-state index contributed by atoms with van der Waals surface area (Å²) in [7, 11) is 0. The van der Waals surface area contributed by atoms with Crippen molar-refractivity contribution in [2.45, 2.75) is 10.8 Å². The number of hydrogen-bond acceptors (Lipinski definition) is 5. The van der Waals surface area contributed by atoms with Crippen molar-refractivity contribution in [1.82, 2.24) is 10.2 Å². The summed E-state index contributed by atoms with van der Waals surface area (Å²) >= 11 is 1.50. The van der Waals surface area contributed by atoms with Crippen LogP contribution < -0.4 is 0 Å². The fourth-order valence-corrected chi connectivity index (χ4v) is 3.57. The van der Waals surface area contributed by atoms with Crippen LogP contribution in [0, 0.1) is 10.1 Å². The van der Waals surface area contributed by atoms with Gasteiger partial charge in [-0.1, -0.05) is 60.3 Å². The molecule has 27 heavy (non-hydrogen) atoms. The average molecular weight is 373 g/mol. The molecule has 1 heterocycles. The summed E-state index contributed by atoms with van der Waals surface area (Å²) in [6, 6.07) is 25.0. The molecule has 0 unspecified atom stereocenters. The number of rotatable bonds is 5. The first-order valence-corrected chi connectivity index (χ1v) is 9.37. The Hall–Kier alpha value is -3.25. The molecule has 3 aromatic carbocycles. The van der Waals surface area contributed by atoms with Gasteiger partial charge in [0, 0.05) is 23.4 Å². The highest BCUT2D eigenvalue weighted by atomic mass is 32.2. The molecule has 1 aromatic heterocycles. The molecule has 0 saturated heterocycles. The average Bonchev–Trinajstić information content (AvgIpc) is 2.72. The summed E-state index contributed by atoms with van der Waals surface area (Å²) < 4.78 is 0. The van der Waals surface area contributed by atoms with Gasteiger partial charge in [-0.15, -0.1) is 10.2 Å². The molecule has 0 N–H and O–H groups in total. The molecular formula is C21H15N3O2S. The number of hydrogen-bond donors (Lipinski definition) is 0. The quantitative estimate of drug-likeness (QED) is 0.262. The molecule has 0 aliphatic rings. The Labute approximate surface area is 160 Å². The van der Waals surface area contributed by atoms with Crippen LogP contribution in [-0.2, 0) is 5.75 Å². The summed E-state index contributed by atoms with van der Waals surface area (Å²) in [6.07, 6.45) is 0. The van der Waals surface area contributed by atoms with Crippen molar-refractivity contribution in [3.63, 3.8) is 0 Å². The lowest BCUT2D eigenvalue weighted by Gasteiger charge is -2.05. The number of thioether (sulfide) groups is 1. The summed E-state index contributed by atoms with van der Waals surface area (Å²) in [5.74, 6) is 0.603. The van der Waals surface area contributed by atoms with E-state index in [9.17, 15) is 10.1 Å². The largest absolute Gasteiger partial charge is 0.269 e. The number of nitro groups is 1. The smallest absolute Gasteiger partial charge is 0.258 e. The zero-order valence-corrected chi connectivity index (χ0v) is 15.1. The van der Waals surface area contributed by atoms with Crippen LogP contribution in [0.3, 0.4) is 0 Å². The molecule has 0 amide bonds. The predicted molar refractivity (Wildman–Crippen MR) is 108 cm³/mol. The van der Waals surface area contributed by atoms with Gasteiger partial charge in [0.05, 0.1) is 10.6 Å². The molecule has 5 nitrogen and oxygen atoms in total. The fourth-order valence-electron chi connectivity index (χ4n) is 2.82. The lowest BCUT2D eigenvalue weighted by Crippen LogP contribution is -1.91. The van der Waals surface area contributed by atoms with E-state index in [1.807, 2.05) is 36.4 Å². The van der Waals surface area contributed by atoms with Crippen LogP contribution >= 0.6 is 11.8 Å². The van der Waals surface area contributed by atoms with Gasteiger partial charge in [0.1, 0.15) is 5.03 Å². The van der Waals surface area contributed by atoms with Crippen molar-refractivity contribution in [2.75, 3.05) is 0 Å². The SMILES string of the molecule is O=[N+]([O-])c1cccc(CSc2ccc(-c3ccc4ccccc4c3)nn2)c1. The highest BCUT2D eigenvalue weighted by Gasteiger charge is 2.07. The van der Waals surface area contributed by atoms with E-state index in [0.717, 1.165) is 21.8 Å². The van der Waals surface area contributed by atoms with Crippen LogP contribution in [0.1, 0.15) is 5.56 Å². The molecule has 0 aliphatic heterocycles. The Morgan fingerprint density at radius 3 is 2.48 bits per heavy atom. The predicted octanol–water partition coefficient (Wildman–Crippen LogP) is 5.50. The lowest BCUT2D eigenvalue weighted by molar-refractivity contribution is -0.384. The Balaban J connectivity index is 1.48. The van der Waals surface area contributed by atoms with E-state index in [4.69, 9.17) is 0 Å². The van der Waals surface area contributed by atoms with Crippen molar-refractivity contribution < 1.29 is 4.92 Å². The van der Waals surface area contributed by atoms with Crippen LogP contribution in [0.2, 0.25) is 0 Å². The molecule has 0 radical (unpaired) electrons. The van der Waals surface area contributed by atoms with E-state index < -0.39 is 0 Å². The van der Waals surface area contributed by atoms with Gasteiger partial charge in [-0.05, 0) is 34.5 Å². The molecule has 0 saturated carbocycles. The summed E-state index contributed by atoms with van der Waals surface area (Å²) in [5.41, 5.74) is 2.83. The van der Waals surface area contributed by atoms with Crippen molar-refractivity contribution in [2.24, 2.45) is 0 Å². The monoisotopic (exact) mass is 373 g/mol. The van der Waals surface area contributed by atoms with Gasteiger partial charge >= 0.3 is 0 Å². The minimum atomic E-state index is -0.383. The number of nitro benzene ring substituents is 1. The first kappa shape index (κ1) is 17.2. The third kappa shape index (κ3) is 3.96. The van der Waals surface area contributed by atoms with Crippen molar-refractivity contribution in [3.8, 4) is 11.3 Å². The highest BCUT2D eigenvalue weighted by molar-refractivity contribution is 7.98. The van der Waals surface area contributed by atoms with E-state index in [1.54, 1.807) is 12.1 Å². The third-order valence-corrected chi connectivity index (χ3v) is 5.18. The molecule has 0 spiro atoms. The van der Waals surface area contributed by atoms with E-state index in [1.165, 1.54) is 28.6 Å². The van der Waals surface area contributed by atoms with Crippen LogP contribution in [0.25, 0.3) is 22.0 Å². The molecule has 4 rings (SSSR count). The zero-order valence-electron chi connectivity index (χ0n) is 14.3. The van der Waals surface area contributed by atoms with Gasteiger partial charge in [-0.3, -0.25) is 10.1 Å². The molecule has 0 fully saturated rings. The molecule has 0 aliphatic carbocycles. The second-order valence-electron chi connectivity index (χ2n) is 6.03. The first-order chi connectivity index (χ1) is 13.2. The van der Waals surface area contributed by atoms with Gasteiger partial charge in [-0.25, -0.2) is 0 Å². The third-order valence-electron chi connectivity index (χ3n) is 4.19. The van der Waals surface area contributed by atoms with E-state index >= 15 is 0 Å². The lowest BCUT2D eigenvalue weighted by atomic mass is 10.1. The first-order valence-electron chi connectivity index (χ1n) is 8.38. The van der Waals surface area contributed by atoms with Crippen molar-refractivity contribution >= 4 is 28.2 Å². The van der Waals surface area contributed by atoms with Gasteiger partial charge in [0.15, 0.2) is 0 Å². The number of aromatic nitrogens is 2. The molecular weight excluding hydrogens is 358 g/mol. The Bertz CT molecular complexity index is 1110. The van der Waals surface area contributed by atoms with Gasteiger partial charge in [0.2, 0.25) is 0 Å². The van der Waals surface area contributed by atoms with Crippen LogP contribution in [0.15, 0.2) is 83.9 Å².